The van der Waals surface area contributed by atoms with Crippen LogP contribution >= 0.6 is 0 Å². The van der Waals surface area contributed by atoms with Crippen LogP contribution in [0, 0.1) is 5.82 Å². The number of hydrogen-bond donors (Lipinski definition) is 2. The highest BCUT2D eigenvalue weighted by Gasteiger charge is 2.71. The summed E-state index contributed by atoms with van der Waals surface area (Å²) in [5.74, 6) is -0.737. The fourth-order valence-corrected chi connectivity index (χ4v) is 6.39. The number of sulfone groups is 1. The number of alkyl halides is 6. The Morgan fingerprint density at radius 2 is 1.42 bits per heavy atom. The van der Waals surface area contributed by atoms with Crippen molar-refractivity contribution in [2.45, 2.75) is 60.3 Å². The van der Waals surface area contributed by atoms with Gasteiger partial charge in [-0.1, -0.05) is 24.3 Å². The van der Waals surface area contributed by atoms with Crippen LogP contribution < -0.4 is 5.32 Å². The highest BCUT2D eigenvalue weighted by molar-refractivity contribution is 7.92. The van der Waals surface area contributed by atoms with Crippen LogP contribution in [-0.4, -0.2) is 55.4 Å². The second kappa shape index (κ2) is 9.40. The molecule has 0 radical (unpaired) electrons. The molecule has 0 spiro atoms. The van der Waals surface area contributed by atoms with E-state index in [2.05, 4.69) is 5.32 Å². The maximum absolute atomic E-state index is 13.8. The van der Waals surface area contributed by atoms with Gasteiger partial charge in [0.2, 0.25) is 0 Å². The first-order chi connectivity index (χ1) is 17.2. The SMILES string of the molecule is CC(C)(C)NC(=O)N1CCC(c2ccc(C(O)(C(F)(F)F)C(F)(F)F)cc2)(S(=O)(=O)c2ccc(F)cc2)C1. The molecule has 2 amide bonds. The third-order valence-electron chi connectivity index (χ3n) is 6.29. The minimum absolute atomic E-state index is 0.112. The molecule has 210 valence electrons. The van der Waals surface area contributed by atoms with E-state index in [9.17, 15) is 49.1 Å². The monoisotopic (exact) mass is 570 g/mol. The fourth-order valence-electron chi connectivity index (χ4n) is 4.31. The summed E-state index contributed by atoms with van der Waals surface area (Å²) in [6.07, 6.45) is -12.5. The van der Waals surface area contributed by atoms with Gasteiger partial charge < -0.3 is 15.3 Å². The lowest BCUT2D eigenvalue weighted by molar-refractivity contribution is -0.376. The molecular formula is C24H25F7N2O4S. The molecule has 1 unspecified atom stereocenters. The summed E-state index contributed by atoms with van der Waals surface area (Å²) in [7, 11) is -4.48. The van der Waals surface area contributed by atoms with Gasteiger partial charge in [0.25, 0.3) is 5.60 Å². The predicted molar refractivity (Wildman–Crippen MR) is 122 cm³/mol. The number of nitrogens with zero attached hydrogens (tertiary/aromatic N) is 1. The van der Waals surface area contributed by atoms with Crippen LogP contribution in [0.3, 0.4) is 0 Å². The largest absolute Gasteiger partial charge is 0.430 e. The van der Waals surface area contributed by atoms with E-state index in [1.165, 1.54) is 4.90 Å². The van der Waals surface area contributed by atoms with Crippen LogP contribution in [-0.2, 0) is 20.2 Å². The minimum Gasteiger partial charge on any atom is -0.369 e. The van der Waals surface area contributed by atoms with Gasteiger partial charge >= 0.3 is 18.4 Å². The van der Waals surface area contributed by atoms with E-state index in [1.54, 1.807) is 20.8 Å². The van der Waals surface area contributed by atoms with Crippen molar-refractivity contribution in [3.63, 3.8) is 0 Å². The van der Waals surface area contributed by atoms with Gasteiger partial charge in [0.15, 0.2) is 9.84 Å². The molecule has 0 aromatic heterocycles. The molecule has 1 heterocycles. The highest BCUT2D eigenvalue weighted by Crippen LogP contribution is 2.51. The van der Waals surface area contributed by atoms with Crippen LogP contribution in [0.5, 0.6) is 0 Å². The topological polar surface area (TPSA) is 86.7 Å². The van der Waals surface area contributed by atoms with Crippen molar-refractivity contribution < 1.29 is 49.1 Å². The number of benzene rings is 2. The van der Waals surface area contributed by atoms with Gasteiger partial charge in [-0.05, 0) is 57.0 Å². The van der Waals surface area contributed by atoms with Gasteiger partial charge in [0, 0.05) is 24.2 Å². The van der Waals surface area contributed by atoms with Gasteiger partial charge in [0.05, 0.1) is 4.90 Å². The van der Waals surface area contributed by atoms with Gasteiger partial charge in [-0.15, -0.1) is 0 Å². The number of carbonyl (C=O) groups excluding carboxylic acids is 1. The third-order valence-corrected chi connectivity index (χ3v) is 8.78. The van der Waals surface area contributed by atoms with Crippen LogP contribution in [0.4, 0.5) is 35.5 Å². The number of nitrogens with one attached hydrogen (secondary N) is 1. The lowest BCUT2D eigenvalue weighted by atomic mass is 9.89. The van der Waals surface area contributed by atoms with E-state index in [1.807, 2.05) is 0 Å². The molecule has 1 atom stereocenters. The molecule has 2 aromatic rings. The minimum atomic E-state index is -6.13. The lowest BCUT2D eigenvalue weighted by Crippen LogP contribution is -2.54. The van der Waals surface area contributed by atoms with Crippen LogP contribution in [0.2, 0.25) is 0 Å². The van der Waals surface area contributed by atoms with Crippen LogP contribution in [0.1, 0.15) is 38.3 Å². The molecule has 2 N–H and O–H groups in total. The molecule has 0 aliphatic carbocycles. The zero-order chi connectivity index (χ0) is 28.9. The van der Waals surface area contributed by atoms with Crippen molar-refractivity contribution in [2.24, 2.45) is 0 Å². The smallest absolute Gasteiger partial charge is 0.369 e. The van der Waals surface area contributed by atoms with Gasteiger partial charge in [-0.25, -0.2) is 17.6 Å². The van der Waals surface area contributed by atoms with Crippen molar-refractivity contribution in [1.29, 1.82) is 0 Å². The van der Waals surface area contributed by atoms with Crippen molar-refractivity contribution >= 4 is 15.9 Å². The molecule has 0 saturated carbocycles. The van der Waals surface area contributed by atoms with Gasteiger partial charge in [0.1, 0.15) is 10.6 Å². The first kappa shape index (κ1) is 29.7. The molecule has 1 saturated heterocycles. The quantitative estimate of drug-likeness (QED) is 0.399. The number of halogens is 7. The Bertz CT molecular complexity index is 1270. The Morgan fingerprint density at radius 3 is 1.87 bits per heavy atom. The zero-order valence-corrected chi connectivity index (χ0v) is 21.2. The molecule has 1 aliphatic heterocycles. The van der Waals surface area contributed by atoms with E-state index in [0.717, 1.165) is 36.4 Å². The normalized spacial score (nSPS) is 19.5. The summed E-state index contributed by atoms with van der Waals surface area (Å²) >= 11 is 0. The summed E-state index contributed by atoms with van der Waals surface area (Å²) in [6, 6.07) is 5.31. The molecule has 1 aliphatic rings. The number of hydrogen-bond acceptors (Lipinski definition) is 4. The summed E-state index contributed by atoms with van der Waals surface area (Å²) in [5.41, 5.74) is -7.66. The Morgan fingerprint density at radius 1 is 0.921 bits per heavy atom. The molecule has 0 bridgehead atoms. The molecule has 14 heteroatoms. The summed E-state index contributed by atoms with van der Waals surface area (Å²) < 4.78 is 119. The van der Waals surface area contributed by atoms with Crippen LogP contribution in [0.15, 0.2) is 53.4 Å². The predicted octanol–water partition coefficient (Wildman–Crippen LogP) is 5.02. The molecule has 38 heavy (non-hydrogen) atoms. The summed E-state index contributed by atoms with van der Waals surface area (Å²) in [5, 5.41) is 12.4. The molecular weight excluding hydrogens is 545 g/mol. The lowest BCUT2D eigenvalue weighted by Gasteiger charge is -2.34. The van der Waals surface area contributed by atoms with E-state index in [4.69, 9.17) is 0 Å². The van der Waals surface area contributed by atoms with Crippen LogP contribution in [0.25, 0.3) is 0 Å². The maximum atomic E-state index is 13.8. The average Bonchev–Trinajstić information content (AvgIpc) is 3.24. The maximum Gasteiger partial charge on any atom is 0.430 e. The Balaban J connectivity index is 2.15. The number of urea groups is 1. The summed E-state index contributed by atoms with van der Waals surface area (Å²) in [4.78, 5) is 13.6. The van der Waals surface area contributed by atoms with E-state index in [-0.39, 0.29) is 23.4 Å². The van der Waals surface area contributed by atoms with Gasteiger partial charge in [-0.3, -0.25) is 0 Å². The number of likely N-dealkylation sites (tertiary alicyclic amines) is 1. The van der Waals surface area contributed by atoms with Crippen molar-refractivity contribution in [3.05, 3.63) is 65.5 Å². The van der Waals surface area contributed by atoms with Crippen molar-refractivity contribution in [2.75, 3.05) is 13.1 Å². The Hall–Kier alpha value is -2.87. The second-order valence-corrected chi connectivity index (χ2v) is 12.3. The van der Waals surface area contributed by atoms with E-state index in [0.29, 0.717) is 12.1 Å². The standard InChI is InChI=1S/C24H25F7N2O4S/c1-20(2,3)32-19(34)33-13-12-21(14-33,38(36,37)18-10-8-17(25)9-11-18)15-4-6-16(7-5-15)22(35,23(26,27)28)24(29,30)31/h4-11,35H,12-14H2,1-3H3,(H,32,34). The molecule has 1 fully saturated rings. The fraction of sp³-hybridized carbons (Fsp3) is 0.458. The molecule has 3 rings (SSSR count). The average molecular weight is 571 g/mol. The number of carbonyl (C=O) groups is 1. The number of rotatable bonds is 4. The Kier molecular flexibility index (Phi) is 7.34. The first-order valence-electron chi connectivity index (χ1n) is 11.2. The third kappa shape index (κ3) is 5.07. The number of amides is 2. The van der Waals surface area contributed by atoms with Crippen molar-refractivity contribution in [1.82, 2.24) is 10.2 Å². The first-order valence-corrected chi connectivity index (χ1v) is 12.7. The highest BCUT2D eigenvalue weighted by atomic mass is 32.2. The Labute approximate surface area is 214 Å². The molecule has 2 aromatic carbocycles. The second-order valence-electron chi connectivity index (χ2n) is 10.1. The van der Waals surface area contributed by atoms with Crippen molar-refractivity contribution in [3.8, 4) is 0 Å². The zero-order valence-electron chi connectivity index (χ0n) is 20.4. The van der Waals surface area contributed by atoms with E-state index < -0.39 is 62.0 Å². The van der Waals surface area contributed by atoms with E-state index >= 15 is 0 Å². The summed E-state index contributed by atoms with van der Waals surface area (Å²) in [6.45, 7) is 4.45. The number of aliphatic hydroxyl groups is 1. The molecule has 6 nitrogen and oxygen atoms in total. The van der Waals surface area contributed by atoms with Gasteiger partial charge in [-0.2, -0.15) is 26.3 Å².